The molecule has 54 heavy (non-hydrogen) atoms. The molecule has 5 aliphatic carbocycles. The van der Waals surface area contributed by atoms with Gasteiger partial charge in [-0.1, -0.05) is 65.0 Å². The molecular formula is C46H68N2O5S. The van der Waals surface area contributed by atoms with Crippen LogP contribution in [-0.4, -0.2) is 91.8 Å². The number of carbonyl (C=O) groups excluding carboxylic acids is 1. The van der Waals surface area contributed by atoms with Crippen LogP contribution in [0.5, 0.6) is 0 Å². The van der Waals surface area contributed by atoms with Crippen LogP contribution in [0.3, 0.4) is 0 Å². The Morgan fingerprint density at radius 2 is 1.70 bits per heavy atom. The van der Waals surface area contributed by atoms with Gasteiger partial charge < -0.3 is 9.84 Å². The van der Waals surface area contributed by atoms with Gasteiger partial charge in [0.25, 0.3) is 0 Å². The maximum atomic E-state index is 12.5. The Balaban J connectivity index is 1.08. The number of β-amino-alcohol motifs (C(OH)–C–C–N with tert-alkyl or cyclic N) is 1. The maximum absolute atomic E-state index is 12.5. The van der Waals surface area contributed by atoms with Crippen molar-refractivity contribution in [2.24, 2.45) is 51.2 Å². The molecule has 2 bridgehead atoms. The van der Waals surface area contributed by atoms with Crippen LogP contribution >= 0.6 is 0 Å². The minimum absolute atomic E-state index is 0.0148. The minimum atomic E-state index is -2.92. The Morgan fingerprint density at radius 1 is 0.963 bits per heavy atom. The zero-order valence-electron chi connectivity index (χ0n) is 34.3. The van der Waals surface area contributed by atoms with Crippen LogP contribution in [0.4, 0.5) is 0 Å². The average molecular weight is 761 g/mol. The molecule has 1 aromatic carbocycles. The largest absolute Gasteiger partial charge is 0.465 e. The van der Waals surface area contributed by atoms with Crippen LogP contribution in [0.15, 0.2) is 42.5 Å². The van der Waals surface area contributed by atoms with Crippen molar-refractivity contribution in [3.05, 3.63) is 53.6 Å². The number of esters is 1. The Hall–Kier alpha value is -2.00. The number of nitrogens with zero attached hydrogens (tertiary/aromatic N) is 2. The Morgan fingerprint density at radius 3 is 2.33 bits per heavy atom. The second kappa shape index (κ2) is 13.3. The number of methoxy groups -OCH3 is 1. The fourth-order valence-corrected chi connectivity index (χ4v) is 17.7. The molecule has 0 aromatic heterocycles. The Bertz CT molecular complexity index is 1800. The molecule has 7 aliphatic rings. The number of hydrogen-bond acceptors (Lipinski definition) is 7. The Kier molecular flexibility index (Phi) is 9.55. The molecule has 11 atom stereocenters. The number of carbonyl (C=O) groups is 1. The standard InChI is InChI=1S/C46H68N2O5S/c1-30(2)35-15-20-46(48(25-26-49)24-23-47-28-34-27-33(47)29-54(34,51)52)22-21-44(6)37(40(35)46)13-14-39-43(5)18-16-36(31-9-11-32(12-10-31)41(50)53-8)42(3,4)38(43)17-19-45(39,44)7/h9-12,16,33-35,37-40,49H,1,13-15,17-29H2,2-8H3/t33-,34-,35-,37+,38-,39+,40?,43-,44+,45+,46-/m0/s1. The highest BCUT2D eigenvalue weighted by molar-refractivity contribution is 7.92. The molecule has 8 heteroatoms. The maximum Gasteiger partial charge on any atom is 0.337 e. The van der Waals surface area contributed by atoms with Crippen molar-refractivity contribution >= 4 is 21.4 Å². The highest BCUT2D eigenvalue weighted by Crippen LogP contribution is 2.77. The van der Waals surface area contributed by atoms with Gasteiger partial charge in [0.2, 0.25) is 0 Å². The summed E-state index contributed by atoms with van der Waals surface area (Å²) in [6.45, 7) is 23.3. The number of aliphatic hydroxyl groups is 1. The summed E-state index contributed by atoms with van der Waals surface area (Å²) >= 11 is 0. The first-order valence-corrected chi connectivity index (χ1v) is 23.0. The van der Waals surface area contributed by atoms with Crippen molar-refractivity contribution in [2.75, 3.05) is 45.6 Å². The summed E-state index contributed by atoms with van der Waals surface area (Å²) in [5, 5.41) is 10.4. The van der Waals surface area contributed by atoms with Crippen LogP contribution in [0, 0.1) is 51.2 Å². The van der Waals surface area contributed by atoms with Crippen LogP contribution in [0.1, 0.15) is 122 Å². The molecule has 4 saturated carbocycles. The van der Waals surface area contributed by atoms with E-state index < -0.39 is 9.84 Å². The van der Waals surface area contributed by atoms with Crippen molar-refractivity contribution < 1.29 is 23.1 Å². The van der Waals surface area contributed by atoms with Gasteiger partial charge in [0, 0.05) is 37.8 Å². The predicted octanol–water partition coefficient (Wildman–Crippen LogP) is 8.04. The Labute approximate surface area is 326 Å². The first-order chi connectivity index (χ1) is 25.5. The zero-order chi connectivity index (χ0) is 38.6. The summed E-state index contributed by atoms with van der Waals surface area (Å²) in [5.41, 5.74) is 5.33. The van der Waals surface area contributed by atoms with E-state index in [1.54, 1.807) is 0 Å². The van der Waals surface area contributed by atoms with Gasteiger partial charge in [0.15, 0.2) is 9.84 Å². The van der Waals surface area contributed by atoms with E-state index in [2.05, 4.69) is 76.1 Å². The molecule has 6 fully saturated rings. The van der Waals surface area contributed by atoms with E-state index in [1.165, 1.54) is 75.2 Å². The zero-order valence-corrected chi connectivity index (χ0v) is 35.1. The molecule has 1 unspecified atom stereocenters. The van der Waals surface area contributed by atoms with Crippen molar-refractivity contribution in [1.82, 2.24) is 9.80 Å². The number of ether oxygens (including phenoxy) is 1. The lowest BCUT2D eigenvalue weighted by atomic mass is 9.33. The van der Waals surface area contributed by atoms with Gasteiger partial charge in [-0.15, -0.1) is 0 Å². The highest BCUT2D eigenvalue weighted by atomic mass is 32.2. The number of aliphatic hydroxyl groups excluding tert-OH is 1. The molecule has 1 N–H and O–H groups in total. The number of likely N-dealkylation sites (tertiary alicyclic amines) is 1. The van der Waals surface area contributed by atoms with Crippen LogP contribution in [-0.2, 0) is 14.6 Å². The third kappa shape index (κ3) is 5.48. The molecule has 0 spiro atoms. The van der Waals surface area contributed by atoms with Crippen molar-refractivity contribution in [2.45, 2.75) is 123 Å². The van der Waals surface area contributed by atoms with Crippen molar-refractivity contribution in [3.8, 4) is 0 Å². The predicted molar refractivity (Wildman–Crippen MR) is 217 cm³/mol. The molecule has 0 amide bonds. The summed E-state index contributed by atoms with van der Waals surface area (Å²) in [4.78, 5) is 17.3. The van der Waals surface area contributed by atoms with E-state index >= 15 is 0 Å². The number of benzene rings is 1. The topological polar surface area (TPSA) is 87.2 Å². The van der Waals surface area contributed by atoms with Crippen molar-refractivity contribution in [3.63, 3.8) is 0 Å². The molecule has 2 heterocycles. The normalized spacial score (nSPS) is 43.1. The van der Waals surface area contributed by atoms with Crippen LogP contribution < -0.4 is 0 Å². The smallest absolute Gasteiger partial charge is 0.337 e. The first-order valence-electron chi connectivity index (χ1n) is 21.3. The fourth-order valence-electron chi connectivity index (χ4n) is 15.6. The third-order valence-corrected chi connectivity index (χ3v) is 20.5. The second-order valence-corrected chi connectivity index (χ2v) is 22.8. The van der Waals surface area contributed by atoms with Crippen molar-refractivity contribution in [1.29, 1.82) is 0 Å². The molecule has 2 saturated heterocycles. The van der Waals surface area contributed by atoms with E-state index in [0.29, 0.717) is 54.0 Å². The third-order valence-electron chi connectivity index (χ3n) is 18.3. The quantitative estimate of drug-likeness (QED) is 0.202. The summed E-state index contributed by atoms with van der Waals surface area (Å²) in [7, 11) is -1.48. The average Bonchev–Trinajstić information content (AvgIpc) is 3.80. The number of rotatable bonds is 9. The minimum Gasteiger partial charge on any atom is -0.465 e. The van der Waals surface area contributed by atoms with Crippen LogP contribution in [0.25, 0.3) is 5.57 Å². The van der Waals surface area contributed by atoms with Gasteiger partial charge in [-0.25, -0.2) is 13.2 Å². The monoisotopic (exact) mass is 760 g/mol. The molecular weight excluding hydrogens is 693 g/mol. The van der Waals surface area contributed by atoms with E-state index in [0.717, 1.165) is 25.9 Å². The van der Waals surface area contributed by atoms with E-state index in [-0.39, 0.29) is 51.1 Å². The molecule has 0 radical (unpaired) electrons. The van der Waals surface area contributed by atoms with E-state index in [9.17, 15) is 18.3 Å². The molecule has 7 nitrogen and oxygen atoms in total. The summed E-state index contributed by atoms with van der Waals surface area (Å²) in [6, 6.07) is 8.24. The fraction of sp³-hybridized carbons (Fsp3) is 0.761. The van der Waals surface area contributed by atoms with Crippen LogP contribution in [0.2, 0.25) is 0 Å². The molecule has 8 rings (SSSR count). The lowest BCUT2D eigenvalue weighted by molar-refractivity contribution is -0.228. The molecule has 2 aliphatic heterocycles. The number of allylic oxidation sites excluding steroid dienone is 3. The van der Waals surface area contributed by atoms with Gasteiger partial charge in [-0.2, -0.15) is 0 Å². The van der Waals surface area contributed by atoms with E-state index in [1.807, 2.05) is 12.1 Å². The van der Waals surface area contributed by atoms with E-state index in [4.69, 9.17) is 4.74 Å². The van der Waals surface area contributed by atoms with Gasteiger partial charge in [0.05, 0.1) is 30.3 Å². The highest BCUT2D eigenvalue weighted by Gasteiger charge is 2.71. The SMILES string of the molecule is C=C(C)[C@@H]1CC[C@]2(N(CCO)CCN3C[C@@H]4C[C@H]3CS4(=O)=O)CC[C@]3(C)[C@H](CC[C@@H]4[C@@]5(C)CC=C(c6ccc(C(=O)OC)cc6)C(C)(C)[C@@H]5CC[C@]43C)C12. The molecule has 1 aromatic rings. The lowest BCUT2D eigenvalue weighted by Crippen LogP contribution is -2.68. The van der Waals surface area contributed by atoms with Gasteiger partial charge >= 0.3 is 5.97 Å². The number of sulfone groups is 1. The summed E-state index contributed by atoms with van der Waals surface area (Å²) in [6.07, 6.45) is 14.3. The summed E-state index contributed by atoms with van der Waals surface area (Å²) < 4.78 is 30.1. The van der Waals surface area contributed by atoms with Gasteiger partial charge in [-0.3, -0.25) is 9.80 Å². The molecule has 298 valence electrons. The lowest BCUT2D eigenvalue weighted by Gasteiger charge is -2.73. The van der Waals surface area contributed by atoms with Gasteiger partial charge in [0.1, 0.15) is 0 Å². The number of hydrogen-bond donors (Lipinski definition) is 1. The number of fused-ring (bicyclic) bond motifs is 9. The summed E-state index contributed by atoms with van der Waals surface area (Å²) in [5.74, 6) is 2.90. The van der Waals surface area contributed by atoms with Gasteiger partial charge in [-0.05, 0) is 146 Å². The first kappa shape index (κ1) is 38.9. The second-order valence-electron chi connectivity index (χ2n) is 20.4.